The molecule has 2 aromatic rings. The number of nitrogens with one attached hydrogen (secondary N) is 1. The number of benzene rings is 2. The Morgan fingerprint density at radius 3 is 2.11 bits per heavy atom. The average Bonchev–Trinajstić information content (AvgIpc) is 2.67. The lowest BCUT2D eigenvalue weighted by molar-refractivity contribution is -0.139. The summed E-state index contributed by atoms with van der Waals surface area (Å²) in [4.78, 5) is 27.5. The number of ether oxygens (including phenoxy) is 1. The van der Waals surface area contributed by atoms with E-state index in [1.54, 1.807) is 35.2 Å². The molecular formula is C22H24N2O3. The number of hydrogen-bond acceptors (Lipinski definition) is 3. The Morgan fingerprint density at radius 2 is 1.52 bits per heavy atom. The van der Waals surface area contributed by atoms with Gasteiger partial charge in [-0.1, -0.05) is 48.5 Å². The second-order valence-corrected chi connectivity index (χ2v) is 6.76. The smallest absolute Gasteiger partial charge is 0.270 e. The highest BCUT2D eigenvalue weighted by molar-refractivity contribution is 6.05. The second-order valence-electron chi connectivity index (χ2n) is 6.76. The van der Waals surface area contributed by atoms with E-state index in [1.807, 2.05) is 50.2 Å². The van der Waals surface area contributed by atoms with Gasteiger partial charge in [0.05, 0.1) is 12.2 Å². The third kappa shape index (κ3) is 5.05. The van der Waals surface area contributed by atoms with Crippen LogP contribution in [0.4, 0.5) is 0 Å². The average molecular weight is 364 g/mol. The molecule has 5 heteroatoms. The summed E-state index contributed by atoms with van der Waals surface area (Å²) in [6.45, 7) is 4.88. The number of carbonyl (C=O) groups excluding carboxylic acids is 2. The van der Waals surface area contributed by atoms with Crippen molar-refractivity contribution in [1.82, 2.24) is 10.2 Å². The van der Waals surface area contributed by atoms with Crippen LogP contribution in [0.5, 0.6) is 0 Å². The van der Waals surface area contributed by atoms with Crippen LogP contribution in [0.1, 0.15) is 29.8 Å². The summed E-state index contributed by atoms with van der Waals surface area (Å²) in [5.41, 5.74) is 1.62. The zero-order chi connectivity index (χ0) is 19.2. The molecule has 0 aliphatic carbocycles. The molecule has 0 unspecified atom stereocenters. The van der Waals surface area contributed by atoms with Gasteiger partial charge in [-0.05, 0) is 37.6 Å². The van der Waals surface area contributed by atoms with Gasteiger partial charge in [-0.25, -0.2) is 0 Å². The molecule has 1 aliphatic rings. The lowest BCUT2D eigenvalue weighted by Crippen LogP contribution is -2.50. The summed E-state index contributed by atoms with van der Waals surface area (Å²) in [6, 6.07) is 18.4. The quantitative estimate of drug-likeness (QED) is 0.848. The molecule has 27 heavy (non-hydrogen) atoms. The van der Waals surface area contributed by atoms with Gasteiger partial charge < -0.3 is 15.0 Å². The molecule has 0 aromatic heterocycles. The van der Waals surface area contributed by atoms with Crippen LogP contribution in [-0.4, -0.2) is 42.0 Å². The Kier molecular flexibility index (Phi) is 6.04. The Bertz CT molecular complexity index is 808. The number of morpholine rings is 1. The molecule has 1 N–H and O–H groups in total. The van der Waals surface area contributed by atoms with E-state index < -0.39 is 0 Å². The molecule has 2 aromatic carbocycles. The van der Waals surface area contributed by atoms with E-state index in [-0.39, 0.29) is 29.7 Å². The Hall–Kier alpha value is -2.92. The molecule has 1 aliphatic heterocycles. The maximum atomic E-state index is 13.1. The second kappa shape index (κ2) is 8.64. The van der Waals surface area contributed by atoms with E-state index in [2.05, 4.69) is 5.32 Å². The van der Waals surface area contributed by atoms with Gasteiger partial charge in [-0.15, -0.1) is 0 Å². The first-order chi connectivity index (χ1) is 13.0. The lowest BCUT2D eigenvalue weighted by Gasteiger charge is -2.35. The van der Waals surface area contributed by atoms with Crippen molar-refractivity contribution in [2.24, 2.45) is 0 Å². The fourth-order valence-electron chi connectivity index (χ4n) is 3.17. The molecule has 2 atom stereocenters. The highest BCUT2D eigenvalue weighted by atomic mass is 16.5. The molecule has 0 spiro atoms. The molecule has 1 saturated heterocycles. The highest BCUT2D eigenvalue weighted by Crippen LogP contribution is 2.15. The monoisotopic (exact) mass is 364 g/mol. The molecule has 1 heterocycles. The minimum Gasteiger partial charge on any atom is -0.372 e. The predicted molar refractivity (Wildman–Crippen MR) is 105 cm³/mol. The largest absolute Gasteiger partial charge is 0.372 e. The molecule has 3 rings (SSSR count). The van der Waals surface area contributed by atoms with E-state index in [0.29, 0.717) is 18.7 Å². The van der Waals surface area contributed by atoms with E-state index in [9.17, 15) is 9.59 Å². The Labute approximate surface area is 159 Å². The Morgan fingerprint density at radius 1 is 0.963 bits per heavy atom. The summed E-state index contributed by atoms with van der Waals surface area (Å²) in [5.74, 6) is -0.509. The molecule has 140 valence electrons. The third-order valence-electron chi connectivity index (χ3n) is 4.33. The summed E-state index contributed by atoms with van der Waals surface area (Å²) in [6.07, 6.45) is 1.63. The topological polar surface area (TPSA) is 58.6 Å². The minimum atomic E-state index is -0.305. The minimum absolute atomic E-state index is 0.0412. The zero-order valence-corrected chi connectivity index (χ0v) is 15.6. The molecule has 0 radical (unpaired) electrons. The predicted octanol–water partition coefficient (Wildman–Crippen LogP) is 3.09. The molecule has 0 saturated carbocycles. The maximum Gasteiger partial charge on any atom is 0.270 e. The van der Waals surface area contributed by atoms with Gasteiger partial charge >= 0.3 is 0 Å². The Balaban J connectivity index is 1.87. The van der Waals surface area contributed by atoms with Crippen molar-refractivity contribution < 1.29 is 14.3 Å². The van der Waals surface area contributed by atoms with E-state index in [1.165, 1.54) is 0 Å². The molecule has 5 nitrogen and oxygen atoms in total. The molecule has 1 fully saturated rings. The van der Waals surface area contributed by atoms with Crippen LogP contribution in [0.3, 0.4) is 0 Å². The van der Waals surface area contributed by atoms with Crippen LogP contribution in [0, 0.1) is 0 Å². The van der Waals surface area contributed by atoms with Crippen molar-refractivity contribution in [3.8, 4) is 0 Å². The number of amides is 2. The van der Waals surface area contributed by atoms with E-state index in [4.69, 9.17) is 4.74 Å². The van der Waals surface area contributed by atoms with Crippen LogP contribution >= 0.6 is 0 Å². The number of hydrogen-bond donors (Lipinski definition) is 1. The van der Waals surface area contributed by atoms with Crippen molar-refractivity contribution in [3.63, 3.8) is 0 Å². The van der Waals surface area contributed by atoms with Crippen LogP contribution in [0.2, 0.25) is 0 Å². The van der Waals surface area contributed by atoms with Gasteiger partial charge in [0.2, 0.25) is 0 Å². The highest BCUT2D eigenvalue weighted by Gasteiger charge is 2.28. The first kappa shape index (κ1) is 18.9. The fourth-order valence-corrected chi connectivity index (χ4v) is 3.17. The molecule has 0 bridgehead atoms. The van der Waals surface area contributed by atoms with Crippen molar-refractivity contribution in [1.29, 1.82) is 0 Å². The van der Waals surface area contributed by atoms with Crippen LogP contribution in [-0.2, 0) is 9.53 Å². The van der Waals surface area contributed by atoms with Crippen LogP contribution in [0.15, 0.2) is 66.4 Å². The first-order valence-electron chi connectivity index (χ1n) is 9.11. The van der Waals surface area contributed by atoms with Crippen molar-refractivity contribution in [2.45, 2.75) is 26.1 Å². The van der Waals surface area contributed by atoms with Gasteiger partial charge in [0.15, 0.2) is 0 Å². The number of nitrogens with zero attached hydrogens (tertiary/aromatic N) is 1. The summed E-state index contributed by atoms with van der Waals surface area (Å²) < 4.78 is 5.71. The van der Waals surface area contributed by atoms with Crippen molar-refractivity contribution in [3.05, 3.63) is 77.5 Å². The maximum absolute atomic E-state index is 13.1. The standard InChI is InChI=1S/C22H24N2O3/c1-16-14-24(15-17(2)27-16)22(26)20(13-18-9-5-3-6-10-18)23-21(25)19-11-7-4-8-12-19/h3-13,16-17H,14-15H2,1-2H3,(H,23,25)/b20-13-/t16-,17-/m0/s1. The fraction of sp³-hybridized carbons (Fsp3) is 0.273. The summed E-state index contributed by atoms with van der Waals surface area (Å²) in [5, 5.41) is 2.80. The van der Waals surface area contributed by atoms with Gasteiger partial charge in [0.1, 0.15) is 5.70 Å². The zero-order valence-electron chi connectivity index (χ0n) is 15.6. The van der Waals surface area contributed by atoms with E-state index in [0.717, 1.165) is 5.56 Å². The summed E-state index contributed by atoms with van der Waals surface area (Å²) >= 11 is 0. The number of rotatable bonds is 4. The van der Waals surface area contributed by atoms with Gasteiger partial charge in [-0.2, -0.15) is 0 Å². The van der Waals surface area contributed by atoms with Crippen molar-refractivity contribution >= 4 is 17.9 Å². The molecular weight excluding hydrogens is 340 g/mol. The van der Waals surface area contributed by atoms with Crippen LogP contribution in [0.25, 0.3) is 6.08 Å². The van der Waals surface area contributed by atoms with Crippen LogP contribution < -0.4 is 5.32 Å². The lowest BCUT2D eigenvalue weighted by atomic mass is 10.1. The number of carbonyl (C=O) groups is 2. The third-order valence-corrected chi connectivity index (χ3v) is 4.33. The SMILES string of the molecule is C[C@H]1CN(C(=O)/C(=C/c2ccccc2)NC(=O)c2ccccc2)C[C@H](C)O1. The normalized spacial score (nSPS) is 20.2. The van der Waals surface area contributed by atoms with Gasteiger partial charge in [0.25, 0.3) is 11.8 Å². The van der Waals surface area contributed by atoms with Gasteiger partial charge in [0, 0.05) is 18.7 Å². The molecule has 2 amide bonds. The van der Waals surface area contributed by atoms with Gasteiger partial charge in [-0.3, -0.25) is 9.59 Å². The van der Waals surface area contributed by atoms with E-state index >= 15 is 0 Å². The first-order valence-corrected chi connectivity index (χ1v) is 9.11. The summed E-state index contributed by atoms with van der Waals surface area (Å²) in [7, 11) is 0. The van der Waals surface area contributed by atoms with Crippen molar-refractivity contribution in [2.75, 3.05) is 13.1 Å².